The fourth-order valence-corrected chi connectivity index (χ4v) is 9.43. The number of ether oxygens (including phenoxy) is 1. The molecule has 44 heavy (non-hydrogen) atoms. The normalized spacial score (nSPS) is 34.5. The van der Waals surface area contributed by atoms with E-state index in [1.54, 1.807) is 12.4 Å². The van der Waals surface area contributed by atoms with E-state index in [1.807, 2.05) is 25.1 Å². The van der Waals surface area contributed by atoms with E-state index in [0.29, 0.717) is 43.9 Å². The Bertz CT molecular complexity index is 1440. The highest BCUT2D eigenvalue weighted by Crippen LogP contribution is 2.66. The molecule has 0 saturated heterocycles. The number of hydrogen-bond donors (Lipinski definition) is 1. The molecule has 4 fully saturated rings. The van der Waals surface area contributed by atoms with Gasteiger partial charge in [0.2, 0.25) is 5.82 Å². The summed E-state index contributed by atoms with van der Waals surface area (Å²) in [6.07, 6.45) is 8.38. The molecule has 0 amide bonds. The number of esters is 1. The highest BCUT2D eigenvalue weighted by molar-refractivity contribution is 7.80. The zero-order valence-corrected chi connectivity index (χ0v) is 25.3. The Labute approximate surface area is 253 Å². The smallest absolute Gasteiger partial charge is 0.397 e. The zero-order chi connectivity index (χ0) is 32.0. The molecule has 7 nitrogen and oxygen atoms in total. The Morgan fingerprint density at radius 2 is 1.41 bits per heavy atom. The molecule has 1 aromatic heterocycles. The lowest BCUT2D eigenvalue weighted by Crippen LogP contribution is -2.55. The number of halogens is 5. The minimum Gasteiger partial charge on any atom is -0.458 e. The SMILES string of the molecule is C[C@]12CCC3C(CC[C@@H]4C[C@H](OS(=O)(=O)O)CC[C@]34C)C1CC[C@H]2OC(=O)c1c(F)c(F)c(F)c(F)c1F.c1ccncc1. The fourth-order valence-electron chi connectivity index (χ4n) is 8.91. The lowest BCUT2D eigenvalue weighted by Gasteiger charge is -2.60. The van der Waals surface area contributed by atoms with Gasteiger partial charge in [-0.05, 0) is 99.0 Å². The Balaban J connectivity index is 0.000000573. The third-order valence-electron chi connectivity index (χ3n) is 11.0. The molecule has 0 bridgehead atoms. The van der Waals surface area contributed by atoms with Crippen LogP contribution in [0.3, 0.4) is 0 Å². The van der Waals surface area contributed by atoms with Crippen molar-refractivity contribution < 1.29 is 48.6 Å². The van der Waals surface area contributed by atoms with Crippen LogP contribution in [0.15, 0.2) is 30.6 Å². The third kappa shape index (κ3) is 5.99. The van der Waals surface area contributed by atoms with Gasteiger partial charge in [0.25, 0.3) is 0 Å². The van der Waals surface area contributed by atoms with Gasteiger partial charge in [-0.2, -0.15) is 8.42 Å². The molecule has 1 N–H and O–H groups in total. The lowest BCUT2D eigenvalue weighted by molar-refractivity contribution is -0.132. The van der Waals surface area contributed by atoms with Crippen LogP contribution in [0.1, 0.15) is 82.0 Å². The van der Waals surface area contributed by atoms with Crippen LogP contribution in [0.25, 0.3) is 0 Å². The largest absolute Gasteiger partial charge is 0.458 e. The van der Waals surface area contributed by atoms with E-state index in [0.717, 1.165) is 25.7 Å². The van der Waals surface area contributed by atoms with Gasteiger partial charge in [0.05, 0.1) is 6.10 Å². The van der Waals surface area contributed by atoms with Gasteiger partial charge in [0.1, 0.15) is 11.7 Å². The maximum absolute atomic E-state index is 14.2. The summed E-state index contributed by atoms with van der Waals surface area (Å²) < 4.78 is 111. The van der Waals surface area contributed by atoms with Crippen molar-refractivity contribution in [2.75, 3.05) is 0 Å². The molecule has 3 unspecified atom stereocenters. The van der Waals surface area contributed by atoms with Gasteiger partial charge in [-0.3, -0.25) is 9.54 Å². The first-order valence-corrected chi connectivity index (χ1v) is 16.3. The number of hydrogen-bond acceptors (Lipinski definition) is 6. The second-order valence-electron chi connectivity index (χ2n) is 13.1. The van der Waals surface area contributed by atoms with E-state index >= 15 is 0 Å². The van der Waals surface area contributed by atoms with Crippen LogP contribution in [0.2, 0.25) is 0 Å². The van der Waals surface area contributed by atoms with E-state index in [9.17, 15) is 35.2 Å². The van der Waals surface area contributed by atoms with E-state index < -0.39 is 68.6 Å². The quantitative estimate of drug-likeness (QED) is 0.123. The van der Waals surface area contributed by atoms with E-state index in [1.165, 1.54) is 0 Å². The topological polar surface area (TPSA) is 103 Å². The molecule has 0 aliphatic heterocycles. The van der Waals surface area contributed by atoms with Crippen LogP contribution in [-0.2, 0) is 19.3 Å². The Morgan fingerprint density at radius 1 is 0.818 bits per heavy atom. The van der Waals surface area contributed by atoms with Crippen molar-refractivity contribution in [3.8, 4) is 0 Å². The minimum atomic E-state index is -4.52. The van der Waals surface area contributed by atoms with Crippen molar-refractivity contribution in [2.24, 2.45) is 34.5 Å². The molecular weight excluding hydrogens is 609 g/mol. The molecule has 4 saturated carbocycles. The molecule has 1 aromatic carbocycles. The predicted octanol–water partition coefficient (Wildman–Crippen LogP) is 7.22. The molecule has 1 heterocycles. The second kappa shape index (κ2) is 12.3. The van der Waals surface area contributed by atoms with Crippen LogP contribution < -0.4 is 0 Å². The summed E-state index contributed by atoms with van der Waals surface area (Å²) in [5.41, 5.74) is -2.12. The van der Waals surface area contributed by atoms with Crippen molar-refractivity contribution in [1.29, 1.82) is 0 Å². The highest BCUT2D eigenvalue weighted by Gasteiger charge is 2.61. The fraction of sp³-hybridized carbons (Fsp3) is 0.613. The van der Waals surface area contributed by atoms with Crippen LogP contribution >= 0.6 is 0 Å². The molecule has 8 atom stereocenters. The Morgan fingerprint density at radius 3 is 1.98 bits per heavy atom. The molecule has 242 valence electrons. The maximum atomic E-state index is 14.2. The van der Waals surface area contributed by atoms with Crippen molar-refractivity contribution in [1.82, 2.24) is 4.98 Å². The summed E-state index contributed by atoms with van der Waals surface area (Å²) in [5, 5.41) is 0. The average molecular weight is 646 g/mol. The van der Waals surface area contributed by atoms with Crippen LogP contribution in [-0.4, -0.2) is 36.1 Å². The molecular formula is C31H36F5NO6S. The summed E-state index contributed by atoms with van der Waals surface area (Å²) in [5.74, 6) is -11.6. The van der Waals surface area contributed by atoms with Crippen molar-refractivity contribution in [3.05, 3.63) is 65.2 Å². The average Bonchev–Trinajstić information content (AvgIpc) is 3.31. The number of rotatable bonds is 4. The number of fused-ring (bicyclic) bond motifs is 5. The monoisotopic (exact) mass is 645 g/mol. The Kier molecular flexibility index (Phi) is 9.14. The van der Waals surface area contributed by atoms with E-state index in [4.69, 9.17) is 13.5 Å². The highest BCUT2D eigenvalue weighted by atomic mass is 32.3. The first kappa shape index (κ1) is 32.7. The predicted molar refractivity (Wildman–Crippen MR) is 148 cm³/mol. The summed E-state index contributed by atoms with van der Waals surface area (Å²) >= 11 is 0. The standard InChI is InChI=1S/C26H31F5O6S.C5H5N/c1-25-9-7-13(37-38(33,34)35)11-12(25)3-4-14-15-5-6-17(26(15,2)10-8-16(14)25)36-24(32)18-19(27)21(29)23(31)22(30)20(18)28;1-2-4-6-5-3-1/h12-17H,3-11H2,1-2H3,(H,33,34,35);1-5H/t12-,13-,14?,15?,16?,17-,25+,26+;/m1./s1. The first-order chi connectivity index (χ1) is 20.7. The van der Waals surface area contributed by atoms with Gasteiger partial charge < -0.3 is 4.74 Å². The number of pyridine rings is 1. The van der Waals surface area contributed by atoms with Crippen LogP contribution in [0.4, 0.5) is 22.0 Å². The van der Waals surface area contributed by atoms with Gasteiger partial charge in [0, 0.05) is 17.8 Å². The van der Waals surface area contributed by atoms with Gasteiger partial charge in [-0.25, -0.2) is 30.9 Å². The zero-order valence-electron chi connectivity index (χ0n) is 24.4. The number of nitrogens with zero attached hydrogens (tertiary/aromatic N) is 1. The van der Waals surface area contributed by atoms with Gasteiger partial charge >= 0.3 is 16.4 Å². The summed E-state index contributed by atoms with van der Waals surface area (Å²) in [4.78, 5) is 16.5. The molecule has 13 heteroatoms. The summed E-state index contributed by atoms with van der Waals surface area (Å²) in [6.45, 7) is 4.21. The van der Waals surface area contributed by atoms with Gasteiger partial charge in [-0.15, -0.1) is 0 Å². The number of carbonyl (C=O) groups is 1. The molecule has 4 aliphatic rings. The van der Waals surface area contributed by atoms with Crippen molar-refractivity contribution in [3.63, 3.8) is 0 Å². The van der Waals surface area contributed by atoms with E-state index in [-0.39, 0.29) is 17.3 Å². The number of aromatic nitrogens is 1. The van der Waals surface area contributed by atoms with Gasteiger partial charge in [-0.1, -0.05) is 19.9 Å². The summed E-state index contributed by atoms with van der Waals surface area (Å²) in [7, 11) is -4.52. The molecule has 4 aliphatic carbocycles. The van der Waals surface area contributed by atoms with Crippen molar-refractivity contribution >= 4 is 16.4 Å². The molecule has 0 spiro atoms. The molecule has 2 aromatic rings. The molecule has 0 radical (unpaired) electrons. The summed E-state index contributed by atoms with van der Waals surface area (Å²) in [6, 6.07) is 5.72. The lowest BCUT2D eigenvalue weighted by atomic mass is 9.45. The van der Waals surface area contributed by atoms with Crippen molar-refractivity contribution in [2.45, 2.75) is 83.8 Å². The second-order valence-corrected chi connectivity index (χ2v) is 14.1. The Hall–Kier alpha value is -2.64. The third-order valence-corrected chi connectivity index (χ3v) is 11.5. The van der Waals surface area contributed by atoms with Crippen LogP contribution in [0.5, 0.6) is 0 Å². The maximum Gasteiger partial charge on any atom is 0.397 e. The van der Waals surface area contributed by atoms with Crippen LogP contribution in [0, 0.1) is 63.6 Å². The minimum absolute atomic E-state index is 0.0481. The molecule has 6 rings (SSSR count). The number of carbonyl (C=O) groups excluding carboxylic acids is 1. The van der Waals surface area contributed by atoms with Gasteiger partial charge in [0.15, 0.2) is 23.3 Å². The first-order valence-electron chi connectivity index (χ1n) is 14.9. The van der Waals surface area contributed by atoms with E-state index in [2.05, 4.69) is 11.9 Å². The number of benzene rings is 1.